The fourth-order valence-corrected chi connectivity index (χ4v) is 3.82. The molecule has 1 saturated carbocycles. The third-order valence-electron chi connectivity index (χ3n) is 5.26. The van der Waals surface area contributed by atoms with Crippen LogP contribution in [0.4, 0.5) is 0 Å². The Hall–Kier alpha value is -2.70. The molecule has 0 radical (unpaired) electrons. The first-order valence-corrected chi connectivity index (χ1v) is 9.32. The van der Waals surface area contributed by atoms with Crippen LogP contribution in [0, 0.1) is 11.8 Å². The van der Waals surface area contributed by atoms with Crippen molar-refractivity contribution < 1.29 is 23.9 Å². The van der Waals surface area contributed by atoms with Crippen molar-refractivity contribution in [1.82, 2.24) is 10.2 Å². The number of nitrogens with one attached hydrogen (secondary N) is 1. The van der Waals surface area contributed by atoms with Crippen LogP contribution in [-0.4, -0.2) is 41.7 Å². The summed E-state index contributed by atoms with van der Waals surface area (Å²) in [6.07, 6.45) is 3.25. The van der Waals surface area contributed by atoms with Crippen molar-refractivity contribution >= 4 is 23.7 Å². The summed E-state index contributed by atoms with van der Waals surface area (Å²) < 4.78 is 4.96. The van der Waals surface area contributed by atoms with Gasteiger partial charge in [-0.05, 0) is 25.3 Å². The number of rotatable bonds is 6. The van der Waals surface area contributed by atoms with Gasteiger partial charge in [-0.3, -0.25) is 24.1 Å². The van der Waals surface area contributed by atoms with Crippen molar-refractivity contribution in [3.05, 3.63) is 35.9 Å². The molecule has 0 unspecified atom stereocenters. The number of hydrogen-bond acceptors (Lipinski definition) is 5. The number of imide groups is 1. The quantitative estimate of drug-likeness (QED) is 0.605. The molecule has 3 rings (SSSR count). The molecule has 1 aromatic carbocycles. The van der Waals surface area contributed by atoms with Gasteiger partial charge < -0.3 is 10.1 Å². The molecule has 1 aromatic rings. The van der Waals surface area contributed by atoms with Crippen LogP contribution in [-0.2, 0) is 23.9 Å². The maximum atomic E-state index is 12.3. The van der Waals surface area contributed by atoms with Crippen LogP contribution in [0.5, 0.6) is 0 Å². The van der Waals surface area contributed by atoms with Gasteiger partial charge in [-0.25, -0.2) is 0 Å². The lowest BCUT2D eigenvalue weighted by molar-refractivity contribution is -0.155. The van der Waals surface area contributed by atoms with Crippen molar-refractivity contribution in [3.8, 4) is 0 Å². The van der Waals surface area contributed by atoms with Crippen LogP contribution < -0.4 is 5.32 Å². The molecular weight excluding hydrogens is 348 g/mol. The number of ether oxygens (including phenoxy) is 1. The molecule has 1 aliphatic carbocycles. The van der Waals surface area contributed by atoms with E-state index >= 15 is 0 Å². The number of carbonyl (C=O) groups is 4. The molecule has 3 amide bonds. The summed E-state index contributed by atoms with van der Waals surface area (Å²) in [6.45, 7) is 0.962. The Balaban J connectivity index is 1.46. The maximum Gasteiger partial charge on any atom is 0.326 e. The number of hydrogen-bond donors (Lipinski definition) is 1. The summed E-state index contributed by atoms with van der Waals surface area (Å²) in [5.74, 6) is -2.36. The Kier molecular flexibility index (Phi) is 5.88. The van der Waals surface area contributed by atoms with Gasteiger partial charge >= 0.3 is 5.97 Å². The maximum absolute atomic E-state index is 12.3. The highest BCUT2D eigenvalue weighted by molar-refractivity contribution is 6.07. The standard InChI is InChI=1S/C20H24N2O5/c1-13(14-7-3-2-4-8-14)21-17(23)12-27-18(24)11-22-19(25)15-9-5-6-10-16(15)20(22)26/h2-4,7-8,13,15-16H,5-6,9-12H2,1H3,(H,21,23)/t13-,15+,16+/m0/s1. The number of esters is 1. The zero-order valence-electron chi connectivity index (χ0n) is 15.3. The van der Waals surface area contributed by atoms with Crippen molar-refractivity contribution in [2.75, 3.05) is 13.2 Å². The molecule has 7 heteroatoms. The normalized spacial score (nSPS) is 22.9. The van der Waals surface area contributed by atoms with Crippen molar-refractivity contribution in [2.45, 2.75) is 38.6 Å². The molecule has 1 heterocycles. The van der Waals surface area contributed by atoms with Gasteiger partial charge in [-0.15, -0.1) is 0 Å². The average molecular weight is 372 g/mol. The molecule has 1 N–H and O–H groups in total. The van der Waals surface area contributed by atoms with E-state index < -0.39 is 25.0 Å². The number of amides is 3. The van der Waals surface area contributed by atoms with E-state index in [1.165, 1.54) is 0 Å². The Morgan fingerprint density at radius 2 is 1.70 bits per heavy atom. The Morgan fingerprint density at radius 3 is 2.30 bits per heavy atom. The number of nitrogens with zero attached hydrogens (tertiary/aromatic N) is 1. The van der Waals surface area contributed by atoms with Gasteiger partial charge in [0.15, 0.2) is 6.61 Å². The topological polar surface area (TPSA) is 92.8 Å². The van der Waals surface area contributed by atoms with Gasteiger partial charge in [-0.2, -0.15) is 0 Å². The average Bonchev–Trinajstić information content (AvgIpc) is 2.92. The second-order valence-corrected chi connectivity index (χ2v) is 7.12. The van der Waals surface area contributed by atoms with Crippen molar-refractivity contribution in [2.24, 2.45) is 11.8 Å². The second-order valence-electron chi connectivity index (χ2n) is 7.12. The van der Waals surface area contributed by atoms with Crippen molar-refractivity contribution in [3.63, 3.8) is 0 Å². The van der Waals surface area contributed by atoms with Gasteiger partial charge in [0.2, 0.25) is 11.8 Å². The van der Waals surface area contributed by atoms with Crippen LogP contribution in [0.2, 0.25) is 0 Å². The van der Waals surface area contributed by atoms with E-state index in [0.717, 1.165) is 23.3 Å². The van der Waals surface area contributed by atoms with E-state index in [2.05, 4.69) is 5.32 Å². The zero-order chi connectivity index (χ0) is 19.4. The smallest absolute Gasteiger partial charge is 0.326 e. The fraction of sp³-hybridized carbons (Fsp3) is 0.500. The molecule has 0 spiro atoms. The van der Waals surface area contributed by atoms with Gasteiger partial charge in [0.1, 0.15) is 6.54 Å². The summed E-state index contributed by atoms with van der Waals surface area (Å²) >= 11 is 0. The molecule has 1 aliphatic heterocycles. The largest absolute Gasteiger partial charge is 0.454 e. The highest BCUT2D eigenvalue weighted by Gasteiger charge is 2.48. The predicted octanol–water partition coefficient (Wildman–Crippen LogP) is 1.58. The van der Waals surface area contributed by atoms with E-state index in [1.54, 1.807) is 0 Å². The van der Waals surface area contributed by atoms with E-state index in [-0.39, 0.29) is 29.7 Å². The summed E-state index contributed by atoms with van der Waals surface area (Å²) in [5.41, 5.74) is 0.938. The molecule has 144 valence electrons. The first-order chi connectivity index (χ1) is 13.0. The third kappa shape index (κ3) is 4.35. The summed E-state index contributed by atoms with van der Waals surface area (Å²) in [7, 11) is 0. The summed E-state index contributed by atoms with van der Waals surface area (Å²) in [4.78, 5) is 49.7. The number of fused-ring (bicyclic) bond motifs is 1. The monoisotopic (exact) mass is 372 g/mol. The van der Waals surface area contributed by atoms with Gasteiger partial charge in [-0.1, -0.05) is 43.2 Å². The lowest BCUT2D eigenvalue weighted by Crippen LogP contribution is -2.38. The molecule has 7 nitrogen and oxygen atoms in total. The lowest BCUT2D eigenvalue weighted by atomic mass is 9.81. The SMILES string of the molecule is C[C@H](NC(=O)COC(=O)CN1C(=O)[C@@H]2CCCC[C@H]2C1=O)c1ccccc1. The number of likely N-dealkylation sites (tertiary alicyclic amines) is 1. The third-order valence-corrected chi connectivity index (χ3v) is 5.26. The number of benzene rings is 1. The number of carbonyl (C=O) groups excluding carboxylic acids is 4. The summed E-state index contributed by atoms with van der Waals surface area (Å²) in [5, 5.41) is 2.74. The molecule has 0 bridgehead atoms. The van der Waals surface area contributed by atoms with Crippen LogP contribution in [0.15, 0.2) is 30.3 Å². The van der Waals surface area contributed by atoms with E-state index in [0.29, 0.717) is 12.8 Å². The van der Waals surface area contributed by atoms with E-state index in [4.69, 9.17) is 4.74 Å². The van der Waals surface area contributed by atoms with Crippen molar-refractivity contribution in [1.29, 1.82) is 0 Å². The minimum atomic E-state index is -0.752. The molecule has 0 aromatic heterocycles. The lowest BCUT2D eigenvalue weighted by Gasteiger charge is -2.19. The van der Waals surface area contributed by atoms with E-state index in [1.807, 2.05) is 37.3 Å². The predicted molar refractivity (Wildman–Crippen MR) is 96.1 cm³/mol. The Labute approximate surface area is 158 Å². The molecule has 2 aliphatic rings. The zero-order valence-corrected chi connectivity index (χ0v) is 15.3. The Morgan fingerprint density at radius 1 is 1.11 bits per heavy atom. The van der Waals surface area contributed by atoms with Gasteiger partial charge in [0.25, 0.3) is 5.91 Å². The minimum Gasteiger partial charge on any atom is -0.454 e. The summed E-state index contributed by atoms with van der Waals surface area (Å²) in [6, 6.07) is 9.19. The van der Waals surface area contributed by atoms with Crippen LogP contribution in [0.3, 0.4) is 0 Å². The molecule has 1 saturated heterocycles. The van der Waals surface area contributed by atoms with Gasteiger partial charge in [0, 0.05) is 0 Å². The highest BCUT2D eigenvalue weighted by atomic mass is 16.5. The van der Waals surface area contributed by atoms with Crippen LogP contribution >= 0.6 is 0 Å². The molecule has 3 atom stereocenters. The minimum absolute atomic E-state index is 0.220. The second kappa shape index (κ2) is 8.33. The molecule has 27 heavy (non-hydrogen) atoms. The van der Waals surface area contributed by atoms with Crippen LogP contribution in [0.1, 0.15) is 44.2 Å². The highest BCUT2D eigenvalue weighted by Crippen LogP contribution is 2.37. The molecular formula is C20H24N2O5. The first kappa shape index (κ1) is 19.1. The van der Waals surface area contributed by atoms with E-state index in [9.17, 15) is 19.2 Å². The van der Waals surface area contributed by atoms with Crippen LogP contribution in [0.25, 0.3) is 0 Å². The Bertz CT molecular complexity index is 709. The van der Waals surface area contributed by atoms with Gasteiger partial charge in [0.05, 0.1) is 17.9 Å². The molecule has 2 fully saturated rings. The fourth-order valence-electron chi connectivity index (χ4n) is 3.82. The first-order valence-electron chi connectivity index (χ1n) is 9.32.